The van der Waals surface area contributed by atoms with Crippen molar-refractivity contribution in [2.45, 2.75) is 26.3 Å². The summed E-state index contributed by atoms with van der Waals surface area (Å²) in [6, 6.07) is 0.908. The fraction of sp³-hybridized carbons (Fsp3) is 0.545. The van der Waals surface area contributed by atoms with Crippen LogP contribution in [-0.4, -0.2) is 34.2 Å². The number of hydrogen-bond donors (Lipinski definition) is 2. The van der Waals surface area contributed by atoms with E-state index in [0.29, 0.717) is 18.1 Å². The van der Waals surface area contributed by atoms with Crippen LogP contribution in [0.2, 0.25) is 0 Å². The highest BCUT2D eigenvalue weighted by Gasteiger charge is 2.19. The standard InChI is InChI=1S/C11H17N3O3/c1-7(2)4-8(11(15)16)14-9-5-10(17-3)13-6-12-9/h5-8H,4H2,1-3H3,(H,15,16)(H,12,13,14). The maximum Gasteiger partial charge on any atom is 0.326 e. The van der Waals surface area contributed by atoms with Crippen LogP contribution in [0.15, 0.2) is 12.4 Å². The minimum absolute atomic E-state index is 0.285. The molecule has 6 heteroatoms. The minimum Gasteiger partial charge on any atom is -0.481 e. The average Bonchev–Trinajstić information content (AvgIpc) is 2.27. The number of rotatable bonds is 6. The van der Waals surface area contributed by atoms with Crippen LogP contribution in [0.1, 0.15) is 20.3 Å². The topological polar surface area (TPSA) is 84.3 Å². The van der Waals surface area contributed by atoms with Crippen molar-refractivity contribution in [3.05, 3.63) is 12.4 Å². The van der Waals surface area contributed by atoms with Crippen molar-refractivity contribution in [2.24, 2.45) is 5.92 Å². The molecule has 0 fully saturated rings. The van der Waals surface area contributed by atoms with Crippen LogP contribution < -0.4 is 10.1 Å². The third-order valence-electron chi connectivity index (χ3n) is 2.18. The van der Waals surface area contributed by atoms with E-state index in [4.69, 9.17) is 9.84 Å². The molecule has 94 valence electrons. The summed E-state index contributed by atoms with van der Waals surface area (Å²) in [5.74, 6) is 0.240. The van der Waals surface area contributed by atoms with E-state index in [0.717, 1.165) is 0 Å². The lowest BCUT2D eigenvalue weighted by atomic mass is 10.0. The number of nitrogens with zero attached hydrogens (tertiary/aromatic N) is 2. The number of aromatic nitrogens is 2. The normalized spacial score (nSPS) is 12.2. The Hall–Kier alpha value is -1.85. The van der Waals surface area contributed by atoms with E-state index in [1.165, 1.54) is 13.4 Å². The minimum atomic E-state index is -0.892. The molecular weight excluding hydrogens is 222 g/mol. The summed E-state index contributed by atoms with van der Waals surface area (Å²) < 4.78 is 4.94. The maximum atomic E-state index is 11.1. The van der Waals surface area contributed by atoms with Crippen molar-refractivity contribution >= 4 is 11.8 Å². The molecule has 0 saturated carbocycles. The van der Waals surface area contributed by atoms with Gasteiger partial charge in [-0.05, 0) is 12.3 Å². The first-order valence-electron chi connectivity index (χ1n) is 5.38. The second-order valence-corrected chi connectivity index (χ2v) is 4.11. The highest BCUT2D eigenvalue weighted by atomic mass is 16.5. The van der Waals surface area contributed by atoms with E-state index in [-0.39, 0.29) is 5.92 Å². The van der Waals surface area contributed by atoms with Gasteiger partial charge in [-0.2, -0.15) is 0 Å². The molecule has 0 radical (unpaired) electrons. The Morgan fingerprint density at radius 2 is 2.24 bits per heavy atom. The molecule has 0 aliphatic carbocycles. The molecule has 1 atom stereocenters. The van der Waals surface area contributed by atoms with Crippen molar-refractivity contribution in [1.29, 1.82) is 0 Å². The lowest BCUT2D eigenvalue weighted by molar-refractivity contribution is -0.138. The molecule has 0 aromatic carbocycles. The second-order valence-electron chi connectivity index (χ2n) is 4.11. The smallest absolute Gasteiger partial charge is 0.326 e. The SMILES string of the molecule is COc1cc(NC(CC(C)C)C(=O)O)ncn1. The van der Waals surface area contributed by atoms with Gasteiger partial charge in [0.05, 0.1) is 7.11 Å². The van der Waals surface area contributed by atoms with E-state index in [1.807, 2.05) is 13.8 Å². The Balaban J connectivity index is 2.74. The van der Waals surface area contributed by atoms with Crippen molar-refractivity contribution in [1.82, 2.24) is 9.97 Å². The zero-order valence-electron chi connectivity index (χ0n) is 10.2. The molecule has 1 unspecified atom stereocenters. The zero-order valence-corrected chi connectivity index (χ0v) is 10.2. The first kappa shape index (κ1) is 13.2. The Morgan fingerprint density at radius 3 is 2.76 bits per heavy atom. The molecule has 0 bridgehead atoms. The van der Waals surface area contributed by atoms with Gasteiger partial charge in [-0.1, -0.05) is 13.8 Å². The van der Waals surface area contributed by atoms with Crippen molar-refractivity contribution in [3.8, 4) is 5.88 Å². The fourth-order valence-electron chi connectivity index (χ4n) is 1.40. The monoisotopic (exact) mass is 239 g/mol. The largest absolute Gasteiger partial charge is 0.481 e. The average molecular weight is 239 g/mol. The molecule has 17 heavy (non-hydrogen) atoms. The van der Waals surface area contributed by atoms with Gasteiger partial charge in [0.25, 0.3) is 0 Å². The van der Waals surface area contributed by atoms with Crippen LogP contribution in [0.5, 0.6) is 5.88 Å². The zero-order chi connectivity index (χ0) is 12.8. The van der Waals surface area contributed by atoms with Gasteiger partial charge in [-0.25, -0.2) is 14.8 Å². The Bertz CT molecular complexity index is 382. The molecular formula is C11H17N3O3. The number of nitrogens with one attached hydrogen (secondary N) is 1. The molecule has 1 rings (SSSR count). The summed E-state index contributed by atoms with van der Waals surface area (Å²) in [6.07, 6.45) is 1.86. The molecule has 1 aromatic heterocycles. The van der Waals surface area contributed by atoms with Crippen LogP contribution >= 0.6 is 0 Å². The maximum absolute atomic E-state index is 11.1. The van der Waals surface area contributed by atoms with Gasteiger partial charge < -0.3 is 15.2 Å². The molecule has 1 aromatic rings. The number of aliphatic carboxylic acids is 1. The second kappa shape index (κ2) is 6.03. The predicted octanol–water partition coefficient (Wildman–Crippen LogP) is 1.40. The molecule has 0 aliphatic rings. The molecule has 0 spiro atoms. The predicted molar refractivity (Wildman–Crippen MR) is 63.1 cm³/mol. The Morgan fingerprint density at radius 1 is 1.53 bits per heavy atom. The van der Waals surface area contributed by atoms with Crippen LogP contribution in [-0.2, 0) is 4.79 Å². The Labute approximate surface area is 100 Å². The number of hydrogen-bond acceptors (Lipinski definition) is 5. The van der Waals surface area contributed by atoms with Crippen LogP contribution in [0, 0.1) is 5.92 Å². The number of carboxylic acid groups (broad SMARTS) is 1. The Kier molecular flexibility index (Phi) is 4.68. The number of carbonyl (C=O) groups is 1. The van der Waals surface area contributed by atoms with Crippen LogP contribution in [0.3, 0.4) is 0 Å². The third kappa shape index (κ3) is 4.26. The number of anilines is 1. The number of carboxylic acids is 1. The summed E-state index contributed by atoms with van der Waals surface area (Å²) in [6.45, 7) is 3.94. The lowest BCUT2D eigenvalue weighted by Crippen LogP contribution is -2.31. The summed E-state index contributed by atoms with van der Waals surface area (Å²) in [5.41, 5.74) is 0. The lowest BCUT2D eigenvalue weighted by Gasteiger charge is -2.16. The van der Waals surface area contributed by atoms with E-state index in [2.05, 4.69) is 15.3 Å². The summed E-state index contributed by atoms with van der Waals surface area (Å²) in [5, 5.41) is 11.9. The van der Waals surface area contributed by atoms with Gasteiger partial charge >= 0.3 is 5.97 Å². The van der Waals surface area contributed by atoms with Gasteiger partial charge in [0.2, 0.25) is 5.88 Å². The highest BCUT2D eigenvalue weighted by Crippen LogP contribution is 2.14. The molecule has 0 aliphatic heterocycles. The van der Waals surface area contributed by atoms with Crippen molar-refractivity contribution in [2.75, 3.05) is 12.4 Å². The number of methoxy groups -OCH3 is 1. The molecule has 0 saturated heterocycles. The quantitative estimate of drug-likeness (QED) is 0.780. The highest BCUT2D eigenvalue weighted by molar-refractivity contribution is 5.76. The van der Waals surface area contributed by atoms with Crippen molar-refractivity contribution in [3.63, 3.8) is 0 Å². The summed E-state index contributed by atoms with van der Waals surface area (Å²) in [7, 11) is 1.49. The van der Waals surface area contributed by atoms with Gasteiger partial charge in [-0.3, -0.25) is 0 Å². The van der Waals surface area contributed by atoms with Gasteiger partial charge in [0, 0.05) is 6.07 Å². The van der Waals surface area contributed by atoms with E-state index in [1.54, 1.807) is 6.07 Å². The first-order valence-corrected chi connectivity index (χ1v) is 5.38. The van der Waals surface area contributed by atoms with Crippen molar-refractivity contribution < 1.29 is 14.6 Å². The molecule has 0 amide bonds. The van der Waals surface area contributed by atoms with Gasteiger partial charge in [0.1, 0.15) is 18.2 Å². The van der Waals surface area contributed by atoms with E-state index >= 15 is 0 Å². The van der Waals surface area contributed by atoms with Crippen LogP contribution in [0.4, 0.5) is 5.82 Å². The molecule has 2 N–H and O–H groups in total. The summed E-state index contributed by atoms with van der Waals surface area (Å²) in [4.78, 5) is 18.9. The fourth-order valence-corrected chi connectivity index (χ4v) is 1.40. The van der Waals surface area contributed by atoms with Crippen LogP contribution in [0.25, 0.3) is 0 Å². The van der Waals surface area contributed by atoms with Gasteiger partial charge in [-0.15, -0.1) is 0 Å². The molecule has 1 heterocycles. The van der Waals surface area contributed by atoms with E-state index < -0.39 is 12.0 Å². The van der Waals surface area contributed by atoms with E-state index in [9.17, 15) is 4.79 Å². The first-order chi connectivity index (χ1) is 8.02. The number of ether oxygens (including phenoxy) is 1. The molecule has 6 nitrogen and oxygen atoms in total. The van der Waals surface area contributed by atoms with Gasteiger partial charge in [0.15, 0.2) is 0 Å². The third-order valence-corrected chi connectivity index (χ3v) is 2.18. The summed E-state index contributed by atoms with van der Waals surface area (Å²) >= 11 is 0.